The summed E-state index contributed by atoms with van der Waals surface area (Å²) in [5.74, 6) is 0.298. The number of thioether (sulfide) groups is 1. The maximum Gasteiger partial charge on any atom is 0.270 e. The summed E-state index contributed by atoms with van der Waals surface area (Å²) in [7, 11) is 0. The number of hydrogen-bond acceptors (Lipinski definition) is 4. The molecule has 1 saturated heterocycles. The Morgan fingerprint density at radius 1 is 0.909 bits per heavy atom. The van der Waals surface area contributed by atoms with Crippen LogP contribution in [0, 0.1) is 5.82 Å². The number of hydrogen-bond donors (Lipinski definition) is 0. The Bertz CT molecular complexity index is 1380. The first-order valence-corrected chi connectivity index (χ1v) is 11.5. The first-order valence-electron chi connectivity index (χ1n) is 10.3. The summed E-state index contributed by atoms with van der Waals surface area (Å²) in [6.45, 7) is 0.351. The number of rotatable bonds is 5. The van der Waals surface area contributed by atoms with Crippen molar-refractivity contribution < 1.29 is 13.9 Å². The van der Waals surface area contributed by atoms with Crippen LogP contribution in [0.1, 0.15) is 11.1 Å². The Balaban J connectivity index is 1.33. The number of carbonyl (C=O) groups is 1. The van der Waals surface area contributed by atoms with Gasteiger partial charge in [-0.2, -0.15) is 0 Å². The van der Waals surface area contributed by atoms with Crippen LogP contribution < -0.4 is 9.64 Å². The lowest BCUT2D eigenvalue weighted by molar-refractivity contribution is -0.113. The summed E-state index contributed by atoms with van der Waals surface area (Å²) in [4.78, 5) is 15.4. The van der Waals surface area contributed by atoms with Crippen LogP contribution in [0.5, 0.6) is 5.75 Å². The van der Waals surface area contributed by atoms with Crippen LogP contribution in [0.15, 0.2) is 95.9 Å². The summed E-state index contributed by atoms with van der Waals surface area (Å²) >= 11 is 6.85. The van der Waals surface area contributed by atoms with Crippen molar-refractivity contribution in [3.8, 4) is 5.75 Å². The molecule has 1 aliphatic rings. The van der Waals surface area contributed by atoms with Gasteiger partial charge in [0.05, 0.1) is 10.6 Å². The number of carbonyl (C=O) groups excluding carboxylic acids is 1. The third-order valence-corrected chi connectivity index (χ3v) is 6.60. The van der Waals surface area contributed by atoms with E-state index in [1.54, 1.807) is 17.0 Å². The molecule has 33 heavy (non-hydrogen) atoms. The monoisotopic (exact) mass is 471 g/mol. The second-order valence-electron chi connectivity index (χ2n) is 7.50. The molecule has 4 aromatic rings. The SMILES string of the molecule is O=C1/C(=C\c2ccc(OCc3ccc(F)cc3)cc2)SC(=S)N1c1cccc2ccccc12. The molecule has 0 unspecified atom stereocenters. The van der Waals surface area contributed by atoms with Gasteiger partial charge in [-0.3, -0.25) is 9.69 Å². The van der Waals surface area contributed by atoms with Gasteiger partial charge in [-0.1, -0.05) is 84.6 Å². The molecule has 162 valence electrons. The Morgan fingerprint density at radius 3 is 2.42 bits per heavy atom. The topological polar surface area (TPSA) is 29.5 Å². The molecule has 5 rings (SSSR count). The van der Waals surface area contributed by atoms with Gasteiger partial charge in [0.15, 0.2) is 4.32 Å². The summed E-state index contributed by atoms with van der Waals surface area (Å²) in [5.41, 5.74) is 2.56. The van der Waals surface area contributed by atoms with Crippen molar-refractivity contribution in [2.24, 2.45) is 0 Å². The van der Waals surface area contributed by atoms with Crippen LogP contribution in [0.2, 0.25) is 0 Å². The molecular weight excluding hydrogens is 453 g/mol. The Morgan fingerprint density at radius 2 is 1.64 bits per heavy atom. The van der Waals surface area contributed by atoms with E-state index in [1.807, 2.05) is 72.8 Å². The van der Waals surface area contributed by atoms with E-state index < -0.39 is 0 Å². The highest BCUT2D eigenvalue weighted by Gasteiger charge is 2.34. The average Bonchev–Trinajstić information content (AvgIpc) is 3.11. The molecule has 1 amide bonds. The second-order valence-corrected chi connectivity index (χ2v) is 9.18. The minimum Gasteiger partial charge on any atom is -0.489 e. The molecule has 1 fully saturated rings. The van der Waals surface area contributed by atoms with Gasteiger partial charge in [0, 0.05) is 5.39 Å². The van der Waals surface area contributed by atoms with Crippen molar-refractivity contribution in [1.29, 1.82) is 0 Å². The zero-order chi connectivity index (χ0) is 22.8. The van der Waals surface area contributed by atoms with E-state index in [0.29, 0.717) is 21.6 Å². The fourth-order valence-corrected chi connectivity index (χ4v) is 4.92. The lowest BCUT2D eigenvalue weighted by atomic mass is 10.1. The van der Waals surface area contributed by atoms with E-state index in [9.17, 15) is 9.18 Å². The van der Waals surface area contributed by atoms with Gasteiger partial charge in [-0.05, 0) is 52.9 Å². The lowest BCUT2D eigenvalue weighted by Gasteiger charge is -2.17. The summed E-state index contributed by atoms with van der Waals surface area (Å²) in [5, 5.41) is 2.05. The van der Waals surface area contributed by atoms with Gasteiger partial charge in [-0.15, -0.1) is 0 Å². The van der Waals surface area contributed by atoms with Crippen LogP contribution in [0.25, 0.3) is 16.8 Å². The Hall–Kier alpha value is -3.48. The van der Waals surface area contributed by atoms with Crippen LogP contribution >= 0.6 is 24.0 Å². The van der Waals surface area contributed by atoms with E-state index in [1.165, 1.54) is 23.9 Å². The number of fused-ring (bicyclic) bond motifs is 1. The minimum absolute atomic E-state index is 0.127. The number of benzene rings is 4. The Kier molecular flexibility index (Phi) is 5.94. The zero-order valence-electron chi connectivity index (χ0n) is 17.4. The van der Waals surface area contributed by atoms with Gasteiger partial charge >= 0.3 is 0 Å². The van der Waals surface area contributed by atoms with Crippen molar-refractivity contribution in [3.05, 3.63) is 113 Å². The number of thiocarbonyl (C=S) groups is 1. The van der Waals surface area contributed by atoms with Gasteiger partial charge in [0.25, 0.3) is 5.91 Å². The summed E-state index contributed by atoms with van der Waals surface area (Å²) in [6.07, 6.45) is 1.84. The normalized spacial score (nSPS) is 14.9. The predicted octanol–water partition coefficient (Wildman–Crippen LogP) is 6.96. The van der Waals surface area contributed by atoms with Crippen molar-refractivity contribution in [1.82, 2.24) is 0 Å². The van der Waals surface area contributed by atoms with Crippen LogP contribution in [-0.4, -0.2) is 10.2 Å². The molecular formula is C27H18FNO2S2. The third kappa shape index (κ3) is 4.53. The van der Waals surface area contributed by atoms with E-state index in [2.05, 4.69) is 0 Å². The van der Waals surface area contributed by atoms with Gasteiger partial charge < -0.3 is 4.74 Å². The number of anilines is 1. The molecule has 0 aliphatic carbocycles. The molecule has 0 N–H and O–H groups in total. The van der Waals surface area contributed by atoms with Crippen molar-refractivity contribution in [2.45, 2.75) is 6.61 Å². The maximum atomic E-state index is 13.2. The molecule has 0 saturated carbocycles. The number of ether oxygens (including phenoxy) is 1. The minimum atomic E-state index is -0.269. The van der Waals surface area contributed by atoms with E-state index >= 15 is 0 Å². The molecule has 1 aliphatic heterocycles. The highest BCUT2D eigenvalue weighted by molar-refractivity contribution is 8.27. The van der Waals surface area contributed by atoms with E-state index in [0.717, 1.165) is 27.6 Å². The predicted molar refractivity (Wildman–Crippen MR) is 137 cm³/mol. The first kappa shape index (κ1) is 21.4. The molecule has 4 aromatic carbocycles. The van der Waals surface area contributed by atoms with Gasteiger partial charge in [0.2, 0.25) is 0 Å². The van der Waals surface area contributed by atoms with Crippen molar-refractivity contribution in [2.75, 3.05) is 4.90 Å². The molecule has 0 radical (unpaired) electrons. The van der Waals surface area contributed by atoms with Crippen LogP contribution in [-0.2, 0) is 11.4 Å². The summed E-state index contributed by atoms with van der Waals surface area (Å²) < 4.78 is 19.3. The molecule has 0 spiro atoms. The smallest absolute Gasteiger partial charge is 0.270 e. The molecule has 0 aromatic heterocycles. The Labute approximate surface area is 200 Å². The molecule has 0 bridgehead atoms. The number of amides is 1. The molecule has 3 nitrogen and oxygen atoms in total. The first-order chi connectivity index (χ1) is 16.1. The van der Waals surface area contributed by atoms with E-state index in [-0.39, 0.29) is 11.7 Å². The van der Waals surface area contributed by atoms with Gasteiger partial charge in [0.1, 0.15) is 18.2 Å². The molecule has 6 heteroatoms. The van der Waals surface area contributed by atoms with E-state index in [4.69, 9.17) is 17.0 Å². The van der Waals surface area contributed by atoms with Crippen LogP contribution in [0.4, 0.5) is 10.1 Å². The molecule has 1 heterocycles. The maximum absolute atomic E-state index is 13.2. The second kappa shape index (κ2) is 9.17. The van der Waals surface area contributed by atoms with Gasteiger partial charge in [-0.25, -0.2) is 4.39 Å². The summed E-state index contributed by atoms with van der Waals surface area (Å²) in [6, 6.07) is 27.5. The fourth-order valence-electron chi connectivity index (χ4n) is 3.64. The third-order valence-electron chi connectivity index (χ3n) is 5.30. The zero-order valence-corrected chi connectivity index (χ0v) is 19.0. The lowest BCUT2D eigenvalue weighted by Crippen LogP contribution is -2.27. The fraction of sp³-hybridized carbons (Fsp3) is 0.0370. The quantitative estimate of drug-likeness (QED) is 0.232. The van der Waals surface area contributed by atoms with Crippen molar-refractivity contribution in [3.63, 3.8) is 0 Å². The largest absolute Gasteiger partial charge is 0.489 e. The average molecular weight is 472 g/mol. The standard InChI is InChI=1S/C27H18FNO2S2/c28-21-12-8-19(9-13-21)17-31-22-14-10-18(11-15-22)16-25-26(30)29(27(32)33-25)24-7-3-5-20-4-1-2-6-23(20)24/h1-16H,17H2/b25-16+. The number of halogens is 1. The van der Waals surface area contributed by atoms with Crippen LogP contribution in [0.3, 0.4) is 0 Å². The number of nitrogens with zero attached hydrogens (tertiary/aromatic N) is 1. The highest BCUT2D eigenvalue weighted by atomic mass is 32.2. The highest BCUT2D eigenvalue weighted by Crippen LogP contribution is 2.39. The van der Waals surface area contributed by atoms with Crippen molar-refractivity contribution >= 4 is 56.7 Å². The molecule has 0 atom stereocenters.